The highest BCUT2D eigenvalue weighted by Gasteiger charge is 2.08. The van der Waals surface area contributed by atoms with Gasteiger partial charge < -0.3 is 4.57 Å². The van der Waals surface area contributed by atoms with Gasteiger partial charge >= 0.3 is 0 Å². The van der Waals surface area contributed by atoms with Crippen molar-refractivity contribution in [2.24, 2.45) is 0 Å². The quantitative estimate of drug-likeness (QED) is 0.844. The molecule has 18 heavy (non-hydrogen) atoms. The molecule has 0 N–H and O–H groups in total. The van der Waals surface area contributed by atoms with Gasteiger partial charge in [-0.3, -0.25) is 4.79 Å². The summed E-state index contributed by atoms with van der Waals surface area (Å²) in [6, 6.07) is 9.80. The highest BCUT2D eigenvalue weighted by molar-refractivity contribution is 7.79. The van der Waals surface area contributed by atoms with Crippen LogP contribution in [0, 0.1) is 5.82 Å². The molecule has 0 aliphatic rings. The summed E-state index contributed by atoms with van der Waals surface area (Å²) in [7, 11) is 0. The lowest BCUT2D eigenvalue weighted by Crippen LogP contribution is -2.23. The van der Waals surface area contributed by atoms with Crippen LogP contribution in [-0.4, -0.2) is 4.57 Å². The van der Waals surface area contributed by atoms with Crippen molar-refractivity contribution < 1.29 is 4.39 Å². The predicted molar refractivity (Wildman–Crippen MR) is 74.5 cm³/mol. The zero-order valence-electron chi connectivity index (χ0n) is 10.1. The molecule has 2 rings (SSSR count). The minimum atomic E-state index is -0.281. The number of benzene rings is 1. The number of hydrogen-bond acceptors (Lipinski definition) is 2. The van der Waals surface area contributed by atoms with E-state index in [1.54, 1.807) is 22.8 Å². The summed E-state index contributed by atoms with van der Waals surface area (Å²) >= 11 is 4.14. The second-order valence-corrected chi connectivity index (χ2v) is 4.27. The molecule has 0 fully saturated rings. The monoisotopic (exact) mass is 263 g/mol. The number of nitrogens with zero attached hydrogens (tertiary/aromatic N) is 1. The van der Waals surface area contributed by atoms with Gasteiger partial charge in [-0.05, 0) is 42.8 Å². The summed E-state index contributed by atoms with van der Waals surface area (Å²) in [6.45, 7) is 2.49. The lowest BCUT2D eigenvalue weighted by atomic mass is 10.1. The van der Waals surface area contributed by atoms with Crippen LogP contribution >= 0.6 is 12.6 Å². The molecule has 0 bridgehead atoms. The van der Waals surface area contributed by atoms with Gasteiger partial charge in [-0.2, -0.15) is 12.6 Å². The van der Waals surface area contributed by atoms with E-state index in [0.29, 0.717) is 17.9 Å². The Hall–Kier alpha value is -1.55. The fraction of sp³-hybridized carbons (Fsp3) is 0.214. The van der Waals surface area contributed by atoms with Crippen LogP contribution in [0.25, 0.3) is 11.3 Å². The van der Waals surface area contributed by atoms with E-state index in [2.05, 4.69) is 12.6 Å². The largest absolute Gasteiger partial charge is 0.308 e. The number of halogens is 1. The molecular formula is C14H14FNOS. The number of pyridine rings is 1. The molecule has 2 nitrogen and oxygen atoms in total. The van der Waals surface area contributed by atoms with Crippen molar-refractivity contribution in [1.82, 2.24) is 4.57 Å². The SMILES string of the molecule is CCn1c(-c2ccc(F)cc2)ccc(CS)c1=O. The Morgan fingerprint density at radius 3 is 2.39 bits per heavy atom. The van der Waals surface area contributed by atoms with Crippen molar-refractivity contribution in [3.8, 4) is 11.3 Å². The number of aromatic nitrogens is 1. The molecule has 94 valence electrons. The highest BCUT2D eigenvalue weighted by atomic mass is 32.1. The van der Waals surface area contributed by atoms with Crippen molar-refractivity contribution in [1.29, 1.82) is 0 Å². The first-order valence-electron chi connectivity index (χ1n) is 5.77. The molecule has 0 atom stereocenters. The lowest BCUT2D eigenvalue weighted by Gasteiger charge is -2.12. The normalized spacial score (nSPS) is 10.6. The van der Waals surface area contributed by atoms with E-state index in [9.17, 15) is 9.18 Å². The third-order valence-electron chi connectivity index (χ3n) is 2.88. The van der Waals surface area contributed by atoms with Crippen LogP contribution in [0.1, 0.15) is 12.5 Å². The predicted octanol–water partition coefficient (Wildman–Crippen LogP) is 3.10. The van der Waals surface area contributed by atoms with Crippen LogP contribution in [0.5, 0.6) is 0 Å². The van der Waals surface area contributed by atoms with Gasteiger partial charge in [-0.15, -0.1) is 0 Å². The standard InChI is InChI=1S/C14H14FNOS/c1-2-16-13(8-5-11(9-18)14(16)17)10-3-6-12(15)7-4-10/h3-8,18H,2,9H2,1H3. The third-order valence-corrected chi connectivity index (χ3v) is 3.22. The molecule has 0 radical (unpaired) electrons. The molecule has 0 saturated carbocycles. The topological polar surface area (TPSA) is 22.0 Å². The maximum Gasteiger partial charge on any atom is 0.255 e. The van der Waals surface area contributed by atoms with E-state index in [-0.39, 0.29) is 11.4 Å². The summed E-state index contributed by atoms with van der Waals surface area (Å²) in [5.41, 5.74) is 2.27. The summed E-state index contributed by atoms with van der Waals surface area (Å²) in [5, 5.41) is 0. The fourth-order valence-electron chi connectivity index (χ4n) is 1.93. The van der Waals surface area contributed by atoms with Crippen molar-refractivity contribution in [2.45, 2.75) is 19.2 Å². The summed E-state index contributed by atoms with van der Waals surface area (Å²) in [4.78, 5) is 12.1. The Labute approximate surface area is 110 Å². The molecule has 4 heteroatoms. The summed E-state index contributed by atoms with van der Waals surface area (Å²) < 4.78 is 14.6. The van der Waals surface area contributed by atoms with E-state index in [1.807, 2.05) is 13.0 Å². The fourth-order valence-corrected chi connectivity index (χ4v) is 2.17. The maximum absolute atomic E-state index is 12.9. The second-order valence-electron chi connectivity index (χ2n) is 3.96. The molecule has 0 spiro atoms. The summed E-state index contributed by atoms with van der Waals surface area (Å²) in [6.07, 6.45) is 0. The van der Waals surface area contributed by atoms with Crippen molar-refractivity contribution in [2.75, 3.05) is 0 Å². The first-order chi connectivity index (χ1) is 8.67. The Morgan fingerprint density at radius 1 is 1.17 bits per heavy atom. The lowest BCUT2D eigenvalue weighted by molar-refractivity contribution is 0.628. The first kappa shape index (κ1) is 12.9. The molecule has 0 aliphatic carbocycles. The first-order valence-corrected chi connectivity index (χ1v) is 6.40. The Balaban J connectivity index is 2.61. The Morgan fingerprint density at radius 2 is 1.83 bits per heavy atom. The molecule has 2 aromatic rings. The van der Waals surface area contributed by atoms with Crippen LogP contribution in [0.4, 0.5) is 4.39 Å². The van der Waals surface area contributed by atoms with E-state index < -0.39 is 0 Å². The van der Waals surface area contributed by atoms with Crippen LogP contribution in [0.15, 0.2) is 41.2 Å². The van der Waals surface area contributed by atoms with E-state index in [4.69, 9.17) is 0 Å². The van der Waals surface area contributed by atoms with Crippen molar-refractivity contribution in [3.63, 3.8) is 0 Å². The second kappa shape index (κ2) is 5.40. The molecule has 1 aromatic carbocycles. The van der Waals surface area contributed by atoms with Crippen molar-refractivity contribution in [3.05, 3.63) is 58.1 Å². The van der Waals surface area contributed by atoms with E-state index in [0.717, 1.165) is 11.3 Å². The zero-order chi connectivity index (χ0) is 13.1. The minimum absolute atomic E-state index is 0.0330. The van der Waals surface area contributed by atoms with Gasteiger partial charge in [0.25, 0.3) is 5.56 Å². The summed E-state index contributed by atoms with van der Waals surface area (Å²) in [5.74, 6) is 0.138. The van der Waals surface area contributed by atoms with Crippen LogP contribution in [0.2, 0.25) is 0 Å². The van der Waals surface area contributed by atoms with Gasteiger partial charge in [0, 0.05) is 17.9 Å². The van der Waals surface area contributed by atoms with Gasteiger partial charge in [0.15, 0.2) is 0 Å². The minimum Gasteiger partial charge on any atom is -0.308 e. The average Bonchev–Trinajstić information content (AvgIpc) is 2.39. The molecule has 0 amide bonds. The number of rotatable bonds is 3. The van der Waals surface area contributed by atoms with Crippen LogP contribution in [-0.2, 0) is 12.3 Å². The highest BCUT2D eigenvalue weighted by Crippen LogP contribution is 2.19. The van der Waals surface area contributed by atoms with Gasteiger partial charge in [0.2, 0.25) is 0 Å². The van der Waals surface area contributed by atoms with E-state index >= 15 is 0 Å². The molecule has 0 saturated heterocycles. The third kappa shape index (κ3) is 2.34. The molecular weight excluding hydrogens is 249 g/mol. The average molecular weight is 263 g/mol. The van der Waals surface area contributed by atoms with Crippen LogP contribution in [0.3, 0.4) is 0 Å². The van der Waals surface area contributed by atoms with Crippen molar-refractivity contribution >= 4 is 12.6 Å². The van der Waals surface area contributed by atoms with Gasteiger partial charge in [0.1, 0.15) is 5.82 Å². The number of thiol groups is 1. The van der Waals surface area contributed by atoms with E-state index in [1.165, 1.54) is 12.1 Å². The van der Waals surface area contributed by atoms with Gasteiger partial charge in [0.05, 0.1) is 5.69 Å². The smallest absolute Gasteiger partial charge is 0.255 e. The molecule has 0 aliphatic heterocycles. The van der Waals surface area contributed by atoms with Crippen LogP contribution < -0.4 is 5.56 Å². The zero-order valence-corrected chi connectivity index (χ0v) is 11.0. The molecule has 1 heterocycles. The number of hydrogen-bond donors (Lipinski definition) is 1. The Kier molecular flexibility index (Phi) is 3.87. The Bertz CT molecular complexity index is 604. The molecule has 1 aromatic heterocycles. The molecule has 0 unspecified atom stereocenters. The maximum atomic E-state index is 12.9. The van der Waals surface area contributed by atoms with Gasteiger partial charge in [-0.25, -0.2) is 4.39 Å². The van der Waals surface area contributed by atoms with Gasteiger partial charge in [-0.1, -0.05) is 6.07 Å².